The Morgan fingerprint density at radius 2 is 1.92 bits per heavy atom. The number of hydrogen-bond acceptors (Lipinski definition) is 5. The Kier molecular flexibility index (Phi) is 5.33. The van der Waals surface area contributed by atoms with Crippen molar-refractivity contribution in [3.63, 3.8) is 0 Å². The molecule has 2 aliphatic rings. The highest BCUT2D eigenvalue weighted by molar-refractivity contribution is 5.82. The second kappa shape index (κ2) is 7.47. The maximum absolute atomic E-state index is 12.2. The Labute approximate surface area is 144 Å². The van der Waals surface area contributed by atoms with Gasteiger partial charge in [-0.05, 0) is 26.2 Å². The highest BCUT2D eigenvalue weighted by atomic mass is 16.2. The van der Waals surface area contributed by atoms with Gasteiger partial charge in [-0.25, -0.2) is 9.97 Å². The van der Waals surface area contributed by atoms with Crippen LogP contribution in [0.15, 0.2) is 6.07 Å². The minimum atomic E-state index is 0.0491. The zero-order chi connectivity index (χ0) is 17.1. The lowest BCUT2D eigenvalue weighted by Crippen LogP contribution is -2.54. The first-order valence-corrected chi connectivity index (χ1v) is 9.17. The van der Waals surface area contributed by atoms with E-state index in [1.165, 1.54) is 0 Å². The Morgan fingerprint density at radius 3 is 2.62 bits per heavy atom. The second-order valence-electron chi connectivity index (χ2n) is 7.21. The number of anilines is 1. The second-order valence-corrected chi connectivity index (χ2v) is 7.21. The molecular formula is C18H29N5O. The molecule has 132 valence electrons. The molecule has 0 bridgehead atoms. The standard InChI is InChI=1S/C18H29N5O/c1-13(2)17-20-14(3)12-16(21-17)23-10-8-22(9-11-23)15-6-4-5-7-19-18(15)24/h12-13,15H,4-11H2,1-3H3,(H,19,24)/t15-/m1/s1. The van der Waals surface area contributed by atoms with Gasteiger partial charge in [-0.3, -0.25) is 9.69 Å². The SMILES string of the molecule is Cc1cc(N2CCN([C@@H]3CCCCNC3=O)CC2)nc(C(C)C)n1. The molecule has 1 amide bonds. The van der Waals surface area contributed by atoms with E-state index in [-0.39, 0.29) is 11.9 Å². The summed E-state index contributed by atoms with van der Waals surface area (Å²) in [6.45, 7) is 10.8. The van der Waals surface area contributed by atoms with Crippen LogP contribution >= 0.6 is 0 Å². The number of amides is 1. The fourth-order valence-electron chi connectivity index (χ4n) is 3.53. The van der Waals surface area contributed by atoms with Gasteiger partial charge in [0, 0.05) is 50.4 Å². The molecule has 3 heterocycles. The van der Waals surface area contributed by atoms with Gasteiger partial charge in [-0.15, -0.1) is 0 Å². The molecule has 1 N–H and O–H groups in total. The Morgan fingerprint density at radius 1 is 1.17 bits per heavy atom. The van der Waals surface area contributed by atoms with Gasteiger partial charge in [0.1, 0.15) is 11.6 Å². The van der Waals surface area contributed by atoms with Crippen LogP contribution in [0.5, 0.6) is 0 Å². The first-order chi connectivity index (χ1) is 11.5. The Balaban J connectivity index is 1.65. The molecule has 0 saturated carbocycles. The van der Waals surface area contributed by atoms with Crippen molar-refractivity contribution in [2.75, 3.05) is 37.6 Å². The van der Waals surface area contributed by atoms with Crippen molar-refractivity contribution in [3.05, 3.63) is 17.6 Å². The minimum Gasteiger partial charge on any atom is -0.355 e. The molecule has 24 heavy (non-hydrogen) atoms. The van der Waals surface area contributed by atoms with Gasteiger partial charge in [0.05, 0.1) is 6.04 Å². The number of carbonyl (C=O) groups is 1. The molecule has 0 unspecified atom stereocenters. The summed E-state index contributed by atoms with van der Waals surface area (Å²) < 4.78 is 0. The lowest BCUT2D eigenvalue weighted by atomic mass is 10.1. The predicted octanol–water partition coefficient (Wildman–Crippen LogP) is 1.70. The van der Waals surface area contributed by atoms with E-state index < -0.39 is 0 Å². The zero-order valence-electron chi connectivity index (χ0n) is 15.1. The molecule has 1 aromatic rings. The minimum absolute atomic E-state index is 0.0491. The van der Waals surface area contributed by atoms with Crippen molar-refractivity contribution in [2.45, 2.75) is 52.0 Å². The van der Waals surface area contributed by atoms with Crippen LogP contribution in [0.4, 0.5) is 5.82 Å². The van der Waals surface area contributed by atoms with Crippen molar-refractivity contribution >= 4 is 11.7 Å². The van der Waals surface area contributed by atoms with E-state index in [9.17, 15) is 4.79 Å². The highest BCUT2D eigenvalue weighted by Gasteiger charge is 2.30. The van der Waals surface area contributed by atoms with E-state index in [0.29, 0.717) is 5.92 Å². The first kappa shape index (κ1) is 17.1. The number of aromatic nitrogens is 2. The first-order valence-electron chi connectivity index (χ1n) is 9.17. The van der Waals surface area contributed by atoms with E-state index >= 15 is 0 Å². The van der Waals surface area contributed by atoms with Crippen LogP contribution in [-0.2, 0) is 4.79 Å². The molecule has 2 saturated heterocycles. The molecule has 3 rings (SSSR count). The van der Waals surface area contributed by atoms with Gasteiger partial charge in [-0.1, -0.05) is 13.8 Å². The topological polar surface area (TPSA) is 61.4 Å². The molecule has 1 aromatic heterocycles. The van der Waals surface area contributed by atoms with E-state index in [0.717, 1.165) is 69.3 Å². The van der Waals surface area contributed by atoms with Gasteiger partial charge in [0.15, 0.2) is 0 Å². The maximum Gasteiger partial charge on any atom is 0.237 e. The van der Waals surface area contributed by atoms with Gasteiger partial charge in [-0.2, -0.15) is 0 Å². The summed E-state index contributed by atoms with van der Waals surface area (Å²) in [6, 6.07) is 2.12. The molecular weight excluding hydrogens is 302 g/mol. The number of rotatable bonds is 3. The van der Waals surface area contributed by atoms with E-state index in [4.69, 9.17) is 4.98 Å². The lowest BCUT2D eigenvalue weighted by molar-refractivity contribution is -0.126. The molecule has 2 fully saturated rings. The van der Waals surface area contributed by atoms with Crippen LogP contribution in [0.2, 0.25) is 0 Å². The number of carbonyl (C=O) groups excluding carboxylic acids is 1. The summed E-state index contributed by atoms with van der Waals surface area (Å²) >= 11 is 0. The number of hydrogen-bond donors (Lipinski definition) is 1. The summed E-state index contributed by atoms with van der Waals surface area (Å²) in [5.41, 5.74) is 1.02. The number of nitrogens with one attached hydrogen (secondary N) is 1. The molecule has 0 aromatic carbocycles. The summed E-state index contributed by atoms with van der Waals surface area (Å²) in [7, 11) is 0. The van der Waals surface area contributed by atoms with E-state index in [1.807, 2.05) is 6.92 Å². The smallest absolute Gasteiger partial charge is 0.237 e. The third-order valence-electron chi connectivity index (χ3n) is 4.96. The van der Waals surface area contributed by atoms with Crippen molar-refractivity contribution in [1.82, 2.24) is 20.2 Å². The quantitative estimate of drug-likeness (QED) is 0.913. The summed E-state index contributed by atoms with van der Waals surface area (Å²) in [6.07, 6.45) is 3.21. The maximum atomic E-state index is 12.2. The molecule has 6 nitrogen and oxygen atoms in total. The molecule has 0 spiro atoms. The average molecular weight is 331 g/mol. The molecule has 0 radical (unpaired) electrons. The van der Waals surface area contributed by atoms with Crippen molar-refractivity contribution < 1.29 is 4.79 Å². The van der Waals surface area contributed by atoms with Crippen molar-refractivity contribution in [3.8, 4) is 0 Å². The predicted molar refractivity (Wildman–Crippen MR) is 95.3 cm³/mol. The molecule has 6 heteroatoms. The fourth-order valence-corrected chi connectivity index (χ4v) is 3.53. The van der Waals surface area contributed by atoms with Crippen LogP contribution in [0.3, 0.4) is 0 Å². The van der Waals surface area contributed by atoms with Gasteiger partial charge < -0.3 is 10.2 Å². The molecule has 0 aliphatic carbocycles. The highest BCUT2D eigenvalue weighted by Crippen LogP contribution is 2.20. The summed E-state index contributed by atoms with van der Waals surface area (Å²) in [5, 5.41) is 3.05. The van der Waals surface area contributed by atoms with Gasteiger partial charge >= 0.3 is 0 Å². The van der Waals surface area contributed by atoms with Crippen LogP contribution < -0.4 is 10.2 Å². The Bertz CT molecular complexity index is 581. The third-order valence-corrected chi connectivity index (χ3v) is 4.96. The van der Waals surface area contributed by atoms with Crippen LogP contribution in [0.25, 0.3) is 0 Å². The van der Waals surface area contributed by atoms with Crippen molar-refractivity contribution in [2.24, 2.45) is 0 Å². The summed E-state index contributed by atoms with van der Waals surface area (Å²) in [5.74, 6) is 2.48. The Hall–Kier alpha value is -1.69. The average Bonchev–Trinajstić information content (AvgIpc) is 2.79. The van der Waals surface area contributed by atoms with Crippen LogP contribution in [0, 0.1) is 6.92 Å². The molecule has 2 aliphatic heterocycles. The zero-order valence-corrected chi connectivity index (χ0v) is 15.1. The van der Waals surface area contributed by atoms with Crippen LogP contribution in [-0.4, -0.2) is 59.5 Å². The van der Waals surface area contributed by atoms with Crippen LogP contribution in [0.1, 0.15) is 50.5 Å². The number of piperazine rings is 1. The van der Waals surface area contributed by atoms with E-state index in [2.05, 4.69) is 40.0 Å². The normalized spacial score (nSPS) is 23.2. The van der Waals surface area contributed by atoms with Crippen molar-refractivity contribution in [1.29, 1.82) is 0 Å². The third kappa shape index (κ3) is 3.86. The van der Waals surface area contributed by atoms with Gasteiger partial charge in [0.2, 0.25) is 5.91 Å². The lowest BCUT2D eigenvalue weighted by Gasteiger charge is -2.38. The number of nitrogens with zero attached hydrogens (tertiary/aromatic N) is 4. The number of aryl methyl sites for hydroxylation is 1. The monoisotopic (exact) mass is 331 g/mol. The molecule has 1 atom stereocenters. The van der Waals surface area contributed by atoms with E-state index in [1.54, 1.807) is 0 Å². The largest absolute Gasteiger partial charge is 0.355 e. The van der Waals surface area contributed by atoms with Gasteiger partial charge in [0.25, 0.3) is 0 Å². The fraction of sp³-hybridized carbons (Fsp3) is 0.722. The summed E-state index contributed by atoms with van der Waals surface area (Å²) in [4.78, 5) is 26.2.